The molecule has 0 aliphatic heterocycles. The second-order valence-corrected chi connectivity index (χ2v) is 7.54. The summed E-state index contributed by atoms with van der Waals surface area (Å²) in [6, 6.07) is 11.0. The second-order valence-electron chi connectivity index (χ2n) is 5.86. The molecule has 8 heteroatoms. The fourth-order valence-corrected chi connectivity index (χ4v) is 3.88. The summed E-state index contributed by atoms with van der Waals surface area (Å²) in [6.45, 7) is 0. The maximum atomic E-state index is 13.1. The van der Waals surface area contributed by atoms with Gasteiger partial charge in [0.05, 0.1) is 22.8 Å². The number of hydrogen-bond acceptors (Lipinski definition) is 3. The van der Waals surface area contributed by atoms with E-state index < -0.39 is 0 Å². The highest BCUT2D eigenvalue weighted by Gasteiger charge is 2.14. The average Bonchev–Trinajstić information content (AvgIpc) is 3.21. The normalized spacial score (nSPS) is 11.1. The molecule has 0 fully saturated rings. The van der Waals surface area contributed by atoms with Crippen LogP contribution in [-0.4, -0.2) is 15.3 Å². The van der Waals surface area contributed by atoms with Gasteiger partial charge in [-0.3, -0.25) is 9.20 Å². The van der Waals surface area contributed by atoms with Crippen LogP contribution in [0.2, 0.25) is 10.0 Å². The second kappa shape index (κ2) is 7.31. The standard InChI is InChI=1S/C19H12Cl2FN3OS/c20-12-3-6-15(21)16(7-12)23-18(26)8-14-10-27-19-24-17(9-25(14)19)11-1-4-13(22)5-2-11/h1-7,9-10H,8H2,(H,23,26). The van der Waals surface area contributed by atoms with E-state index in [2.05, 4.69) is 10.3 Å². The number of amides is 1. The van der Waals surface area contributed by atoms with Gasteiger partial charge in [0, 0.05) is 27.9 Å². The maximum absolute atomic E-state index is 13.1. The van der Waals surface area contributed by atoms with E-state index in [4.69, 9.17) is 23.2 Å². The highest BCUT2D eigenvalue weighted by Crippen LogP contribution is 2.27. The van der Waals surface area contributed by atoms with Crippen molar-refractivity contribution < 1.29 is 9.18 Å². The van der Waals surface area contributed by atoms with Gasteiger partial charge in [-0.05, 0) is 42.5 Å². The van der Waals surface area contributed by atoms with Crippen LogP contribution in [0.3, 0.4) is 0 Å². The van der Waals surface area contributed by atoms with E-state index in [1.54, 1.807) is 30.3 Å². The lowest BCUT2D eigenvalue weighted by atomic mass is 10.2. The molecule has 0 saturated heterocycles. The molecule has 4 rings (SSSR count). The Kier molecular flexibility index (Phi) is 4.86. The molecular weight excluding hydrogens is 408 g/mol. The number of nitrogens with zero attached hydrogens (tertiary/aromatic N) is 2. The van der Waals surface area contributed by atoms with Gasteiger partial charge < -0.3 is 5.32 Å². The number of thiazole rings is 1. The largest absolute Gasteiger partial charge is 0.324 e. The molecule has 2 aromatic carbocycles. The Bertz CT molecular complexity index is 1140. The molecule has 0 atom stereocenters. The van der Waals surface area contributed by atoms with Gasteiger partial charge in [-0.15, -0.1) is 11.3 Å². The maximum Gasteiger partial charge on any atom is 0.230 e. The van der Waals surface area contributed by atoms with Crippen LogP contribution >= 0.6 is 34.5 Å². The summed E-state index contributed by atoms with van der Waals surface area (Å²) in [6.07, 6.45) is 2.00. The van der Waals surface area contributed by atoms with Crippen molar-refractivity contribution in [3.05, 3.63) is 75.6 Å². The van der Waals surface area contributed by atoms with Crippen molar-refractivity contribution in [3.63, 3.8) is 0 Å². The lowest BCUT2D eigenvalue weighted by molar-refractivity contribution is -0.115. The average molecular weight is 420 g/mol. The number of carbonyl (C=O) groups is 1. The van der Waals surface area contributed by atoms with Crippen molar-refractivity contribution in [2.45, 2.75) is 6.42 Å². The molecule has 0 radical (unpaired) electrons. The van der Waals surface area contributed by atoms with Crippen LogP contribution in [0.25, 0.3) is 16.2 Å². The third-order valence-corrected chi connectivity index (χ3v) is 5.42. The first kappa shape index (κ1) is 18.0. The molecular formula is C19H12Cl2FN3OS. The van der Waals surface area contributed by atoms with Crippen LogP contribution in [0, 0.1) is 5.82 Å². The molecule has 0 bridgehead atoms. The number of nitrogens with one attached hydrogen (secondary N) is 1. The van der Waals surface area contributed by atoms with Crippen LogP contribution in [0.1, 0.15) is 5.69 Å². The fraction of sp³-hybridized carbons (Fsp3) is 0.0526. The van der Waals surface area contributed by atoms with E-state index in [1.807, 2.05) is 16.0 Å². The number of fused-ring (bicyclic) bond motifs is 1. The summed E-state index contributed by atoms with van der Waals surface area (Å²) in [5.41, 5.74) is 2.81. The van der Waals surface area contributed by atoms with Gasteiger partial charge >= 0.3 is 0 Å². The molecule has 0 aliphatic rings. The Hall–Kier alpha value is -2.41. The molecule has 4 nitrogen and oxygen atoms in total. The lowest BCUT2D eigenvalue weighted by Gasteiger charge is -2.07. The van der Waals surface area contributed by atoms with Crippen molar-refractivity contribution in [2.24, 2.45) is 0 Å². The molecule has 4 aromatic rings. The van der Waals surface area contributed by atoms with E-state index in [9.17, 15) is 9.18 Å². The molecule has 2 heterocycles. The van der Waals surface area contributed by atoms with Crippen LogP contribution in [0.4, 0.5) is 10.1 Å². The minimum Gasteiger partial charge on any atom is -0.324 e. The SMILES string of the molecule is O=C(Cc1csc2nc(-c3ccc(F)cc3)cn12)Nc1cc(Cl)ccc1Cl. The summed E-state index contributed by atoms with van der Waals surface area (Å²) in [5.74, 6) is -0.507. The summed E-state index contributed by atoms with van der Waals surface area (Å²) >= 11 is 13.5. The van der Waals surface area contributed by atoms with Crippen LogP contribution in [0.15, 0.2) is 54.0 Å². The number of hydrogen-bond donors (Lipinski definition) is 1. The molecule has 0 spiro atoms. The zero-order valence-electron chi connectivity index (χ0n) is 13.7. The van der Waals surface area contributed by atoms with E-state index in [-0.39, 0.29) is 18.1 Å². The van der Waals surface area contributed by atoms with Crippen molar-refractivity contribution in [3.8, 4) is 11.3 Å². The first-order chi connectivity index (χ1) is 13.0. The Morgan fingerprint density at radius 3 is 2.74 bits per heavy atom. The molecule has 1 N–H and O–H groups in total. The van der Waals surface area contributed by atoms with Crippen LogP contribution in [0.5, 0.6) is 0 Å². The topological polar surface area (TPSA) is 46.4 Å². The molecule has 0 aliphatic carbocycles. The Labute approximate surface area is 168 Å². The molecule has 0 saturated carbocycles. The molecule has 2 aromatic heterocycles. The monoisotopic (exact) mass is 419 g/mol. The number of benzene rings is 2. The Morgan fingerprint density at radius 2 is 1.96 bits per heavy atom. The van der Waals surface area contributed by atoms with Gasteiger partial charge in [0.1, 0.15) is 5.82 Å². The van der Waals surface area contributed by atoms with Gasteiger partial charge in [-0.2, -0.15) is 0 Å². The Balaban J connectivity index is 1.56. The Morgan fingerprint density at radius 1 is 1.19 bits per heavy atom. The van der Waals surface area contributed by atoms with Gasteiger partial charge in [0.25, 0.3) is 0 Å². The number of anilines is 1. The quantitative estimate of drug-likeness (QED) is 0.461. The predicted molar refractivity (Wildman–Crippen MR) is 107 cm³/mol. The summed E-state index contributed by atoms with van der Waals surface area (Å²) in [5, 5.41) is 5.57. The minimum absolute atomic E-state index is 0.155. The number of halogens is 3. The minimum atomic E-state index is -0.295. The molecule has 1 amide bonds. The van der Waals surface area contributed by atoms with Crippen molar-refractivity contribution >= 4 is 51.1 Å². The smallest absolute Gasteiger partial charge is 0.230 e. The van der Waals surface area contributed by atoms with Crippen LogP contribution in [-0.2, 0) is 11.2 Å². The summed E-state index contributed by atoms with van der Waals surface area (Å²) < 4.78 is 15.0. The highest BCUT2D eigenvalue weighted by atomic mass is 35.5. The molecule has 136 valence electrons. The third kappa shape index (κ3) is 3.83. The predicted octanol–water partition coefficient (Wildman–Crippen LogP) is 5.69. The third-order valence-electron chi connectivity index (χ3n) is 3.97. The number of carbonyl (C=O) groups excluding carboxylic acids is 1. The lowest BCUT2D eigenvalue weighted by Crippen LogP contribution is -2.15. The van der Waals surface area contributed by atoms with E-state index >= 15 is 0 Å². The number of rotatable bonds is 4. The first-order valence-electron chi connectivity index (χ1n) is 7.96. The summed E-state index contributed by atoms with van der Waals surface area (Å²) in [7, 11) is 0. The molecule has 0 unspecified atom stereocenters. The van der Waals surface area contributed by atoms with Gasteiger partial charge in [-0.25, -0.2) is 9.37 Å². The van der Waals surface area contributed by atoms with E-state index in [0.29, 0.717) is 15.7 Å². The summed E-state index contributed by atoms with van der Waals surface area (Å²) in [4.78, 5) is 17.7. The van der Waals surface area contributed by atoms with Gasteiger partial charge in [0.15, 0.2) is 4.96 Å². The molecule has 27 heavy (non-hydrogen) atoms. The van der Waals surface area contributed by atoms with Crippen molar-refractivity contribution in [1.82, 2.24) is 9.38 Å². The number of aromatic nitrogens is 2. The van der Waals surface area contributed by atoms with Crippen molar-refractivity contribution in [1.29, 1.82) is 0 Å². The zero-order chi connectivity index (χ0) is 19.0. The van der Waals surface area contributed by atoms with E-state index in [0.717, 1.165) is 21.9 Å². The highest BCUT2D eigenvalue weighted by molar-refractivity contribution is 7.15. The first-order valence-corrected chi connectivity index (χ1v) is 9.59. The van der Waals surface area contributed by atoms with Crippen LogP contribution < -0.4 is 5.32 Å². The zero-order valence-corrected chi connectivity index (χ0v) is 16.1. The number of imidazole rings is 1. The van der Waals surface area contributed by atoms with Gasteiger partial charge in [0.2, 0.25) is 5.91 Å². The van der Waals surface area contributed by atoms with E-state index in [1.165, 1.54) is 23.5 Å². The van der Waals surface area contributed by atoms with Gasteiger partial charge in [-0.1, -0.05) is 23.2 Å². The van der Waals surface area contributed by atoms with Crippen molar-refractivity contribution in [2.75, 3.05) is 5.32 Å². The fourth-order valence-electron chi connectivity index (χ4n) is 2.67.